The average molecular weight is 476 g/mol. The largest absolute Gasteiger partial charge is 0.385 e. The first kappa shape index (κ1) is 25.0. The van der Waals surface area contributed by atoms with Crippen molar-refractivity contribution in [3.05, 3.63) is 71.9 Å². The fourth-order valence-electron chi connectivity index (χ4n) is 5.05. The molecule has 1 saturated carbocycles. The van der Waals surface area contributed by atoms with Crippen molar-refractivity contribution in [2.75, 3.05) is 33.4 Å². The molecule has 6 nitrogen and oxygen atoms in total. The van der Waals surface area contributed by atoms with Crippen molar-refractivity contribution in [1.29, 1.82) is 0 Å². The number of amides is 2. The van der Waals surface area contributed by atoms with Gasteiger partial charge in [-0.15, -0.1) is 0 Å². The van der Waals surface area contributed by atoms with Crippen LogP contribution in [0.3, 0.4) is 0 Å². The Bertz CT molecular complexity index is 1090. The highest BCUT2D eigenvalue weighted by Gasteiger charge is 2.29. The van der Waals surface area contributed by atoms with Crippen LogP contribution in [-0.2, 0) is 27.3 Å². The molecule has 0 radical (unpaired) electrons. The second-order valence-electron chi connectivity index (χ2n) is 9.50. The fourth-order valence-corrected chi connectivity index (χ4v) is 5.05. The van der Waals surface area contributed by atoms with Crippen LogP contribution in [0, 0.1) is 5.92 Å². The maximum atomic E-state index is 13.6. The number of aromatic amines is 1. The van der Waals surface area contributed by atoms with Crippen molar-refractivity contribution < 1.29 is 14.3 Å². The highest BCUT2D eigenvalue weighted by Crippen LogP contribution is 2.27. The first-order chi connectivity index (χ1) is 17.2. The maximum Gasteiger partial charge on any atom is 0.242 e. The Kier molecular flexibility index (Phi) is 8.96. The van der Waals surface area contributed by atoms with Crippen LogP contribution in [0.15, 0.2) is 60.8 Å². The van der Waals surface area contributed by atoms with Gasteiger partial charge >= 0.3 is 0 Å². The number of aromatic nitrogens is 1. The predicted molar refractivity (Wildman–Crippen MR) is 139 cm³/mol. The van der Waals surface area contributed by atoms with Crippen molar-refractivity contribution >= 4 is 22.7 Å². The first-order valence-corrected chi connectivity index (χ1v) is 12.8. The number of H-pyrrole nitrogens is 1. The minimum Gasteiger partial charge on any atom is -0.385 e. The van der Waals surface area contributed by atoms with E-state index < -0.39 is 0 Å². The first-order valence-electron chi connectivity index (χ1n) is 12.8. The Hall–Kier alpha value is -3.12. The van der Waals surface area contributed by atoms with Gasteiger partial charge in [-0.25, -0.2) is 0 Å². The number of methoxy groups -OCH3 is 1. The van der Waals surface area contributed by atoms with E-state index in [-0.39, 0.29) is 24.3 Å². The Morgan fingerprint density at radius 2 is 1.71 bits per heavy atom. The normalized spacial score (nSPS) is 13.9. The summed E-state index contributed by atoms with van der Waals surface area (Å²) in [6, 6.07) is 18.3. The predicted octanol–water partition coefficient (Wildman–Crippen LogP) is 4.79. The van der Waals surface area contributed by atoms with Crippen LogP contribution in [0.25, 0.3) is 10.9 Å². The standard InChI is InChI=1S/C29H37N3O3/c1-35-19-9-17-32(29(34)24-12-5-6-13-24)22-28(33)31(21-23-10-3-2-4-11-23)18-16-25-20-30-27-15-8-7-14-26(25)27/h2-4,7-8,10-11,14-15,20,24,30H,5-6,9,12-13,16-19,21-22H2,1H3. The maximum absolute atomic E-state index is 13.6. The summed E-state index contributed by atoms with van der Waals surface area (Å²) in [4.78, 5) is 33.9. The number of fused-ring (bicyclic) bond motifs is 1. The summed E-state index contributed by atoms with van der Waals surface area (Å²) in [7, 11) is 1.67. The quantitative estimate of drug-likeness (QED) is 0.383. The Morgan fingerprint density at radius 1 is 0.971 bits per heavy atom. The van der Waals surface area contributed by atoms with Crippen LogP contribution < -0.4 is 0 Å². The van der Waals surface area contributed by atoms with E-state index in [2.05, 4.69) is 17.1 Å². The average Bonchev–Trinajstić information content (AvgIpc) is 3.57. The molecule has 35 heavy (non-hydrogen) atoms. The lowest BCUT2D eigenvalue weighted by Gasteiger charge is -2.29. The van der Waals surface area contributed by atoms with Gasteiger partial charge in [-0.3, -0.25) is 9.59 Å². The lowest BCUT2D eigenvalue weighted by molar-refractivity contribution is -0.143. The minimum absolute atomic E-state index is 0.00235. The van der Waals surface area contributed by atoms with Gasteiger partial charge < -0.3 is 19.5 Å². The third-order valence-electron chi connectivity index (χ3n) is 7.01. The zero-order valence-corrected chi connectivity index (χ0v) is 20.7. The van der Waals surface area contributed by atoms with Crippen LogP contribution in [0.4, 0.5) is 0 Å². The van der Waals surface area contributed by atoms with Gasteiger partial charge in [-0.05, 0) is 42.9 Å². The highest BCUT2D eigenvalue weighted by atomic mass is 16.5. The van der Waals surface area contributed by atoms with E-state index in [1.807, 2.05) is 53.6 Å². The number of nitrogens with zero attached hydrogens (tertiary/aromatic N) is 2. The molecule has 1 heterocycles. The second kappa shape index (κ2) is 12.5. The van der Waals surface area contributed by atoms with E-state index in [4.69, 9.17) is 4.74 Å². The molecule has 0 aliphatic heterocycles. The summed E-state index contributed by atoms with van der Waals surface area (Å²) in [5.41, 5.74) is 3.40. The third kappa shape index (κ3) is 6.73. The summed E-state index contributed by atoms with van der Waals surface area (Å²) in [6.45, 7) is 2.39. The molecule has 0 bridgehead atoms. The van der Waals surface area contributed by atoms with E-state index in [0.717, 1.165) is 49.6 Å². The van der Waals surface area contributed by atoms with Gasteiger partial charge in [-0.2, -0.15) is 0 Å². The SMILES string of the molecule is COCCCN(CC(=O)N(CCc1c[nH]c2ccccc12)Cc1ccccc1)C(=O)C1CCCC1. The lowest BCUT2D eigenvalue weighted by Crippen LogP contribution is -2.45. The van der Waals surface area contributed by atoms with Gasteiger partial charge in [-0.1, -0.05) is 61.4 Å². The molecule has 0 atom stereocenters. The smallest absolute Gasteiger partial charge is 0.242 e. The molecule has 1 N–H and O–H groups in total. The summed E-state index contributed by atoms with van der Waals surface area (Å²) in [5.74, 6) is 0.180. The number of para-hydroxylation sites is 1. The summed E-state index contributed by atoms with van der Waals surface area (Å²) in [6.07, 6.45) is 7.59. The van der Waals surface area contributed by atoms with Crippen molar-refractivity contribution in [3.63, 3.8) is 0 Å². The number of benzene rings is 2. The zero-order chi connectivity index (χ0) is 24.5. The summed E-state index contributed by atoms with van der Waals surface area (Å²) >= 11 is 0. The van der Waals surface area contributed by atoms with Crippen molar-refractivity contribution in [3.8, 4) is 0 Å². The topological polar surface area (TPSA) is 65.6 Å². The highest BCUT2D eigenvalue weighted by molar-refractivity contribution is 5.86. The molecule has 6 heteroatoms. The summed E-state index contributed by atoms with van der Waals surface area (Å²) < 4.78 is 5.21. The number of hydrogen-bond donors (Lipinski definition) is 1. The second-order valence-corrected chi connectivity index (χ2v) is 9.50. The molecule has 1 aliphatic rings. The Morgan fingerprint density at radius 3 is 2.49 bits per heavy atom. The molecule has 4 rings (SSSR count). The number of carbonyl (C=O) groups is 2. The molecular formula is C29H37N3O3. The minimum atomic E-state index is -0.00235. The molecular weight excluding hydrogens is 438 g/mol. The van der Waals surface area contributed by atoms with Crippen LogP contribution in [0.2, 0.25) is 0 Å². The van der Waals surface area contributed by atoms with E-state index >= 15 is 0 Å². The van der Waals surface area contributed by atoms with Crippen molar-refractivity contribution in [2.45, 2.75) is 45.1 Å². The number of carbonyl (C=O) groups excluding carboxylic acids is 2. The van der Waals surface area contributed by atoms with E-state index in [1.165, 1.54) is 10.9 Å². The molecule has 1 aromatic heterocycles. The van der Waals surface area contributed by atoms with Gasteiger partial charge in [0, 0.05) is 56.4 Å². The van der Waals surface area contributed by atoms with Crippen LogP contribution in [0.1, 0.15) is 43.2 Å². The van der Waals surface area contributed by atoms with Crippen LogP contribution >= 0.6 is 0 Å². The molecule has 186 valence electrons. The number of rotatable bonds is 12. The van der Waals surface area contributed by atoms with Gasteiger partial charge in [0.05, 0.1) is 6.54 Å². The monoisotopic (exact) mass is 475 g/mol. The van der Waals surface area contributed by atoms with E-state index in [1.54, 1.807) is 12.0 Å². The van der Waals surface area contributed by atoms with Crippen LogP contribution in [0.5, 0.6) is 0 Å². The van der Waals surface area contributed by atoms with Gasteiger partial charge in [0.25, 0.3) is 0 Å². The molecule has 1 fully saturated rings. The number of nitrogens with one attached hydrogen (secondary N) is 1. The molecule has 1 aliphatic carbocycles. The van der Waals surface area contributed by atoms with Crippen molar-refractivity contribution in [2.24, 2.45) is 5.92 Å². The summed E-state index contributed by atoms with van der Waals surface area (Å²) in [5, 5.41) is 1.19. The zero-order valence-electron chi connectivity index (χ0n) is 20.7. The fraction of sp³-hybridized carbons (Fsp3) is 0.448. The lowest BCUT2D eigenvalue weighted by atomic mass is 10.1. The van der Waals surface area contributed by atoms with Crippen LogP contribution in [-0.4, -0.2) is 59.9 Å². The molecule has 0 spiro atoms. The molecule has 3 aromatic rings. The number of ether oxygens (including phenoxy) is 1. The molecule has 0 unspecified atom stereocenters. The van der Waals surface area contributed by atoms with Gasteiger partial charge in [0.15, 0.2) is 0 Å². The third-order valence-corrected chi connectivity index (χ3v) is 7.01. The van der Waals surface area contributed by atoms with E-state index in [0.29, 0.717) is 26.2 Å². The molecule has 2 aromatic carbocycles. The Balaban J connectivity index is 1.48. The van der Waals surface area contributed by atoms with Crippen molar-refractivity contribution in [1.82, 2.24) is 14.8 Å². The van der Waals surface area contributed by atoms with E-state index in [9.17, 15) is 9.59 Å². The van der Waals surface area contributed by atoms with Gasteiger partial charge in [0.1, 0.15) is 0 Å². The molecule has 0 saturated heterocycles. The number of hydrogen-bond acceptors (Lipinski definition) is 3. The van der Waals surface area contributed by atoms with Gasteiger partial charge in [0.2, 0.25) is 11.8 Å². The Labute approximate surface area is 208 Å². The molecule has 2 amide bonds.